The quantitative estimate of drug-likeness (QED) is 0.437. The van der Waals surface area contributed by atoms with Gasteiger partial charge < -0.3 is 14.8 Å². The number of fused-ring (bicyclic) bond motifs is 1. The van der Waals surface area contributed by atoms with Gasteiger partial charge in [-0.05, 0) is 36.8 Å². The number of amides is 3. The van der Waals surface area contributed by atoms with E-state index in [0.29, 0.717) is 5.75 Å². The maximum Gasteiger partial charge on any atom is 0.264 e. The van der Waals surface area contributed by atoms with Crippen molar-refractivity contribution in [2.45, 2.75) is 31.7 Å². The minimum Gasteiger partial charge on any atom is -0.493 e. The molecule has 2 aromatic carbocycles. The summed E-state index contributed by atoms with van der Waals surface area (Å²) in [5.41, 5.74) is -0.520. The summed E-state index contributed by atoms with van der Waals surface area (Å²) in [6.45, 7) is 4.59. The maximum atomic E-state index is 13.7. The standard InChI is InChI=1S/C24H28N2O9S2/c1-6-35-19-12-15(8-10-18(19)34-4)17(13-36(5,30)31)26-23(28)21-16(25-14(3)27)9-11-20(22(21)24(26)29)37(32,33)7-2/h8-12,17H,6-7,13H2,1-5H3,(H,25,27)/t17-/m1/s1. The molecule has 37 heavy (non-hydrogen) atoms. The number of hydrogen-bond acceptors (Lipinski definition) is 9. The van der Waals surface area contributed by atoms with E-state index in [0.717, 1.165) is 17.2 Å². The van der Waals surface area contributed by atoms with E-state index in [1.54, 1.807) is 6.92 Å². The predicted molar refractivity (Wildman–Crippen MR) is 136 cm³/mol. The third kappa shape index (κ3) is 5.62. The second kappa shape index (κ2) is 10.5. The summed E-state index contributed by atoms with van der Waals surface area (Å²) >= 11 is 0. The molecule has 13 heteroatoms. The molecule has 0 saturated carbocycles. The summed E-state index contributed by atoms with van der Waals surface area (Å²) in [5, 5.41) is 2.45. The molecule has 1 N–H and O–H groups in total. The zero-order valence-electron chi connectivity index (χ0n) is 21.0. The first kappa shape index (κ1) is 28.1. The van der Waals surface area contributed by atoms with Crippen molar-refractivity contribution in [1.29, 1.82) is 0 Å². The van der Waals surface area contributed by atoms with E-state index in [1.807, 2.05) is 0 Å². The largest absolute Gasteiger partial charge is 0.493 e. The first-order valence-electron chi connectivity index (χ1n) is 11.3. The first-order chi connectivity index (χ1) is 17.3. The van der Waals surface area contributed by atoms with Crippen LogP contribution in [-0.2, 0) is 24.5 Å². The van der Waals surface area contributed by atoms with Gasteiger partial charge in [0.2, 0.25) is 5.91 Å². The van der Waals surface area contributed by atoms with Crippen molar-refractivity contribution in [3.63, 3.8) is 0 Å². The third-order valence-corrected chi connectivity index (χ3v) is 8.39. The van der Waals surface area contributed by atoms with Crippen molar-refractivity contribution in [1.82, 2.24) is 4.90 Å². The lowest BCUT2D eigenvalue weighted by atomic mass is 10.1. The molecule has 0 radical (unpaired) electrons. The number of hydrogen-bond donors (Lipinski definition) is 1. The van der Waals surface area contributed by atoms with Gasteiger partial charge in [0.25, 0.3) is 11.8 Å². The molecule has 0 unspecified atom stereocenters. The monoisotopic (exact) mass is 552 g/mol. The molecule has 3 amide bonds. The van der Waals surface area contributed by atoms with Gasteiger partial charge in [-0.1, -0.05) is 13.0 Å². The molecule has 0 spiro atoms. The molecule has 0 aromatic heterocycles. The fourth-order valence-electron chi connectivity index (χ4n) is 4.12. The Morgan fingerprint density at radius 3 is 2.19 bits per heavy atom. The van der Waals surface area contributed by atoms with E-state index in [9.17, 15) is 31.2 Å². The topological polar surface area (TPSA) is 153 Å². The van der Waals surface area contributed by atoms with Gasteiger partial charge in [0.15, 0.2) is 21.3 Å². The number of nitrogens with one attached hydrogen (secondary N) is 1. The lowest BCUT2D eigenvalue weighted by molar-refractivity contribution is -0.114. The summed E-state index contributed by atoms with van der Waals surface area (Å²) in [6.07, 6.45) is 0.959. The second-order valence-electron chi connectivity index (χ2n) is 8.38. The van der Waals surface area contributed by atoms with E-state index < -0.39 is 54.8 Å². The normalized spacial score (nSPS) is 14.4. The minimum absolute atomic E-state index is 0.0544. The van der Waals surface area contributed by atoms with Gasteiger partial charge >= 0.3 is 0 Å². The number of imide groups is 1. The Labute approximate surface area is 215 Å². The molecule has 1 aliphatic heterocycles. The minimum atomic E-state index is -3.96. The van der Waals surface area contributed by atoms with Crippen LogP contribution in [0, 0.1) is 0 Å². The highest BCUT2D eigenvalue weighted by atomic mass is 32.2. The average Bonchev–Trinajstić information content (AvgIpc) is 3.07. The fraction of sp³-hybridized carbons (Fsp3) is 0.375. The number of ether oxygens (including phenoxy) is 2. The van der Waals surface area contributed by atoms with Crippen LogP contribution >= 0.6 is 0 Å². The predicted octanol–water partition coefficient (Wildman–Crippen LogP) is 2.23. The Bertz CT molecular complexity index is 1480. The number of nitrogens with zero attached hydrogens (tertiary/aromatic N) is 1. The van der Waals surface area contributed by atoms with Crippen LogP contribution in [0.5, 0.6) is 11.5 Å². The molecule has 2 aromatic rings. The molecule has 1 aliphatic rings. The molecular formula is C24H28N2O9S2. The second-order valence-corrected chi connectivity index (χ2v) is 12.8. The Balaban J connectivity index is 2.28. The van der Waals surface area contributed by atoms with E-state index in [2.05, 4.69) is 5.32 Å². The summed E-state index contributed by atoms with van der Waals surface area (Å²) in [6, 6.07) is 5.56. The summed E-state index contributed by atoms with van der Waals surface area (Å²) in [4.78, 5) is 39.6. The zero-order chi connectivity index (χ0) is 27.7. The molecule has 0 aliphatic carbocycles. The third-order valence-electron chi connectivity index (χ3n) is 5.70. The number of rotatable bonds is 10. The Morgan fingerprint density at radius 1 is 1.00 bits per heavy atom. The summed E-state index contributed by atoms with van der Waals surface area (Å²) in [7, 11) is -6.30. The molecule has 0 saturated heterocycles. The number of methoxy groups -OCH3 is 1. The summed E-state index contributed by atoms with van der Waals surface area (Å²) < 4.78 is 61.3. The molecule has 11 nitrogen and oxygen atoms in total. The van der Waals surface area contributed by atoms with E-state index in [1.165, 1.54) is 45.2 Å². The van der Waals surface area contributed by atoms with Crippen molar-refractivity contribution in [3.8, 4) is 11.5 Å². The van der Waals surface area contributed by atoms with E-state index >= 15 is 0 Å². The van der Waals surface area contributed by atoms with Crippen molar-refractivity contribution in [2.24, 2.45) is 0 Å². The molecule has 200 valence electrons. The van der Waals surface area contributed by atoms with E-state index in [4.69, 9.17) is 9.47 Å². The molecular weight excluding hydrogens is 524 g/mol. The fourth-order valence-corrected chi connectivity index (χ4v) is 6.12. The SMILES string of the molecule is CCOc1cc([C@@H](CS(C)(=O)=O)N2C(=O)c3c(NC(C)=O)ccc(S(=O)(=O)CC)c3C2=O)ccc1OC. The van der Waals surface area contributed by atoms with E-state index in [-0.39, 0.29) is 39.8 Å². The lowest BCUT2D eigenvalue weighted by Gasteiger charge is -2.27. The summed E-state index contributed by atoms with van der Waals surface area (Å²) in [5.74, 6) is -2.82. The molecule has 0 bridgehead atoms. The number of sulfone groups is 2. The van der Waals surface area contributed by atoms with Gasteiger partial charge in [0, 0.05) is 13.2 Å². The number of anilines is 1. The van der Waals surface area contributed by atoms with Crippen LogP contribution in [-0.4, -0.2) is 70.9 Å². The van der Waals surface area contributed by atoms with Crippen LogP contribution < -0.4 is 14.8 Å². The number of carbonyl (C=O) groups is 3. The van der Waals surface area contributed by atoms with Crippen LogP contribution in [0.15, 0.2) is 35.2 Å². The highest BCUT2D eigenvalue weighted by Crippen LogP contribution is 2.41. The first-order valence-corrected chi connectivity index (χ1v) is 15.0. The highest BCUT2D eigenvalue weighted by Gasteiger charge is 2.46. The van der Waals surface area contributed by atoms with Crippen molar-refractivity contribution in [3.05, 3.63) is 47.0 Å². The zero-order valence-corrected chi connectivity index (χ0v) is 22.7. The van der Waals surface area contributed by atoms with Crippen molar-refractivity contribution >= 4 is 43.1 Å². The lowest BCUT2D eigenvalue weighted by Crippen LogP contribution is -2.38. The van der Waals surface area contributed by atoms with Crippen LogP contribution in [0.2, 0.25) is 0 Å². The molecule has 1 heterocycles. The van der Waals surface area contributed by atoms with Crippen LogP contribution in [0.3, 0.4) is 0 Å². The molecule has 3 rings (SSSR count). The maximum absolute atomic E-state index is 13.7. The van der Waals surface area contributed by atoms with Gasteiger partial charge in [-0.25, -0.2) is 16.8 Å². The van der Waals surface area contributed by atoms with Gasteiger partial charge in [-0.3, -0.25) is 19.3 Å². The molecule has 0 fully saturated rings. The van der Waals surface area contributed by atoms with Gasteiger partial charge in [0.1, 0.15) is 9.84 Å². The molecule has 1 atom stereocenters. The number of benzene rings is 2. The highest BCUT2D eigenvalue weighted by molar-refractivity contribution is 7.91. The van der Waals surface area contributed by atoms with Crippen molar-refractivity contribution < 1.29 is 40.7 Å². The Morgan fingerprint density at radius 2 is 1.65 bits per heavy atom. The Kier molecular flexibility index (Phi) is 7.98. The van der Waals surface area contributed by atoms with Gasteiger partial charge in [0.05, 0.1) is 53.0 Å². The number of carbonyl (C=O) groups excluding carboxylic acids is 3. The Hall–Kier alpha value is -3.45. The van der Waals surface area contributed by atoms with Crippen LogP contribution in [0.25, 0.3) is 0 Å². The van der Waals surface area contributed by atoms with Crippen LogP contribution in [0.1, 0.15) is 53.1 Å². The van der Waals surface area contributed by atoms with Crippen LogP contribution in [0.4, 0.5) is 5.69 Å². The van der Waals surface area contributed by atoms with Gasteiger partial charge in [-0.15, -0.1) is 0 Å². The van der Waals surface area contributed by atoms with Gasteiger partial charge in [-0.2, -0.15) is 0 Å². The van der Waals surface area contributed by atoms with Crippen molar-refractivity contribution in [2.75, 3.05) is 36.8 Å². The average molecular weight is 553 g/mol. The smallest absolute Gasteiger partial charge is 0.264 e.